The smallest absolute Gasteiger partial charge is 0.328 e. The number of ether oxygens (including phenoxy) is 1. The molecule has 3 aliphatic rings. The molecule has 6 atom stereocenters. The maximum atomic E-state index is 14.2. The predicted octanol–water partition coefficient (Wildman–Crippen LogP) is 1.60. The third kappa shape index (κ3) is 10.2. The molecule has 0 aromatic heterocycles. The van der Waals surface area contributed by atoms with Gasteiger partial charge < -0.3 is 35.4 Å². The normalized spacial score (nSPS) is 25.7. The molecule has 3 heterocycles. The van der Waals surface area contributed by atoms with Crippen molar-refractivity contribution in [2.45, 2.75) is 108 Å². The highest BCUT2D eigenvalue weighted by Gasteiger charge is 2.43. The van der Waals surface area contributed by atoms with Gasteiger partial charge in [0, 0.05) is 31.0 Å². The minimum atomic E-state index is -1.42. The number of nitrogens with zero attached hydrogens (tertiary/aromatic N) is 3. The van der Waals surface area contributed by atoms with Gasteiger partial charge in [0.1, 0.15) is 42.9 Å². The van der Waals surface area contributed by atoms with E-state index in [-0.39, 0.29) is 19.5 Å². The Kier molecular flexibility index (Phi) is 14.2. The zero-order valence-corrected chi connectivity index (χ0v) is 31.3. The minimum absolute atomic E-state index is 0.0907. The van der Waals surface area contributed by atoms with Crippen LogP contribution in [0.4, 0.5) is 0 Å². The van der Waals surface area contributed by atoms with Crippen molar-refractivity contribution < 1.29 is 38.3 Å². The lowest BCUT2D eigenvalue weighted by Gasteiger charge is -2.34. The average Bonchev–Trinajstić information content (AvgIpc) is 3.80. The molecule has 0 aliphatic carbocycles. The number of nitrogens with one attached hydrogen (secondary N) is 3. The quantitative estimate of drug-likeness (QED) is 0.193. The molecule has 278 valence electrons. The van der Waals surface area contributed by atoms with E-state index in [1.807, 2.05) is 19.1 Å². The highest BCUT2D eigenvalue weighted by molar-refractivity contribution is 9.10. The predicted molar refractivity (Wildman–Crippen MR) is 191 cm³/mol. The molecule has 0 radical (unpaired) electrons. The molecule has 4 rings (SSSR count). The number of rotatable bonds is 9. The van der Waals surface area contributed by atoms with Crippen molar-refractivity contribution in [3.8, 4) is 0 Å². The van der Waals surface area contributed by atoms with Crippen molar-refractivity contribution in [3.63, 3.8) is 0 Å². The maximum Gasteiger partial charge on any atom is 0.328 e. The first-order valence-corrected chi connectivity index (χ1v) is 18.5. The molecule has 14 nitrogen and oxygen atoms in total. The highest BCUT2D eigenvalue weighted by Crippen LogP contribution is 2.23. The van der Waals surface area contributed by atoms with E-state index >= 15 is 0 Å². The lowest BCUT2D eigenvalue weighted by atomic mass is 10.0. The first-order valence-electron chi connectivity index (χ1n) is 17.7. The van der Waals surface area contributed by atoms with E-state index in [0.717, 1.165) is 22.9 Å². The second kappa shape index (κ2) is 18.3. The molecule has 3 N–H and O–H groups in total. The Morgan fingerprint density at radius 2 is 1.71 bits per heavy atom. The van der Waals surface area contributed by atoms with Crippen LogP contribution in [0, 0.1) is 0 Å². The summed E-state index contributed by atoms with van der Waals surface area (Å²) >= 11 is 3.44. The standard InChI is InChI=1S/C36H49BrN6O8/c1-5-6-7-8-16-30(44)39-26(20-24-12-9-13-25(37)19-24)32(46)40-27-21-51-36(50)29-15-11-18-43(29)33(47)22(2)38-31(45)23(3)41(4)35(49)28-14-10-17-42(28)34(27)48/h8-9,12-13,16,19,22-23,26-29H,5-7,10-11,14-15,17-18,20-21H2,1-4H3,(H,38,45)(H,39,44)(H,40,46)/b16-8+/t22-,23-,26-,27-,28-,29-/m0/s1. The number of hydrogen-bond donors (Lipinski definition) is 3. The molecule has 0 bridgehead atoms. The van der Waals surface area contributed by atoms with Gasteiger partial charge in [0.05, 0.1) is 0 Å². The van der Waals surface area contributed by atoms with Gasteiger partial charge in [0.15, 0.2) is 0 Å². The molecule has 0 unspecified atom stereocenters. The van der Waals surface area contributed by atoms with E-state index in [9.17, 15) is 33.6 Å². The zero-order chi connectivity index (χ0) is 37.2. The number of benzene rings is 1. The van der Waals surface area contributed by atoms with Gasteiger partial charge in [-0.1, -0.05) is 53.9 Å². The van der Waals surface area contributed by atoms with Crippen LogP contribution in [-0.4, -0.2) is 119 Å². The number of hydrogen-bond acceptors (Lipinski definition) is 8. The van der Waals surface area contributed by atoms with Crippen molar-refractivity contribution in [1.29, 1.82) is 0 Å². The van der Waals surface area contributed by atoms with Crippen LogP contribution in [0.5, 0.6) is 0 Å². The largest absolute Gasteiger partial charge is 0.461 e. The van der Waals surface area contributed by atoms with Gasteiger partial charge in [0.25, 0.3) is 0 Å². The summed E-state index contributed by atoms with van der Waals surface area (Å²) in [6, 6.07) is 0.908. The molecular formula is C36H49BrN6O8. The Hall–Kier alpha value is -4.27. The van der Waals surface area contributed by atoms with Crippen molar-refractivity contribution in [3.05, 3.63) is 46.5 Å². The van der Waals surface area contributed by atoms with Crippen molar-refractivity contribution >= 4 is 57.3 Å². The Morgan fingerprint density at radius 1 is 1.02 bits per heavy atom. The van der Waals surface area contributed by atoms with Gasteiger partial charge in [-0.25, -0.2) is 4.79 Å². The Balaban J connectivity index is 1.65. The third-order valence-electron chi connectivity index (χ3n) is 9.63. The van der Waals surface area contributed by atoms with Gasteiger partial charge >= 0.3 is 5.97 Å². The number of halogens is 1. The summed E-state index contributed by atoms with van der Waals surface area (Å²) in [6.07, 6.45) is 7.43. The Labute approximate surface area is 307 Å². The summed E-state index contributed by atoms with van der Waals surface area (Å²) in [5, 5.41) is 8.12. The molecule has 6 amide bonds. The monoisotopic (exact) mass is 772 g/mol. The number of amides is 6. The number of allylic oxidation sites excluding steroid dienone is 1. The van der Waals surface area contributed by atoms with Crippen LogP contribution in [0.3, 0.4) is 0 Å². The summed E-state index contributed by atoms with van der Waals surface area (Å²) in [4.78, 5) is 98.8. The summed E-state index contributed by atoms with van der Waals surface area (Å²) in [6.45, 7) is 5.00. The van der Waals surface area contributed by atoms with E-state index in [1.54, 1.807) is 18.2 Å². The van der Waals surface area contributed by atoms with Crippen LogP contribution in [0.25, 0.3) is 0 Å². The molecule has 1 aromatic carbocycles. The number of carbonyl (C=O) groups is 7. The second-order valence-corrected chi connectivity index (χ2v) is 14.3. The minimum Gasteiger partial charge on any atom is -0.461 e. The van der Waals surface area contributed by atoms with Crippen LogP contribution >= 0.6 is 15.9 Å². The lowest BCUT2D eigenvalue weighted by molar-refractivity contribution is -0.158. The van der Waals surface area contributed by atoms with Gasteiger partial charge in [-0.05, 0) is 69.7 Å². The van der Waals surface area contributed by atoms with Crippen LogP contribution < -0.4 is 16.0 Å². The lowest BCUT2D eigenvalue weighted by Crippen LogP contribution is -2.60. The number of likely N-dealkylation sites (N-methyl/N-ethyl adjacent to an activating group) is 1. The highest BCUT2D eigenvalue weighted by atomic mass is 79.9. The van der Waals surface area contributed by atoms with E-state index in [0.29, 0.717) is 32.1 Å². The topological polar surface area (TPSA) is 175 Å². The van der Waals surface area contributed by atoms with Crippen LogP contribution in [0.2, 0.25) is 0 Å². The van der Waals surface area contributed by atoms with Gasteiger partial charge in [-0.3, -0.25) is 28.8 Å². The maximum absolute atomic E-state index is 14.2. The fourth-order valence-corrected chi connectivity index (χ4v) is 7.01. The Bertz CT molecular complexity index is 1520. The zero-order valence-electron chi connectivity index (χ0n) is 29.7. The van der Waals surface area contributed by atoms with Crippen LogP contribution in [0.15, 0.2) is 40.9 Å². The molecule has 3 saturated heterocycles. The number of cyclic esters (lactones) is 1. The van der Waals surface area contributed by atoms with Crippen molar-refractivity contribution in [1.82, 2.24) is 30.7 Å². The summed E-state index contributed by atoms with van der Waals surface area (Å²) in [5.41, 5.74) is 0.738. The van der Waals surface area contributed by atoms with Gasteiger partial charge in [-0.15, -0.1) is 0 Å². The second-order valence-electron chi connectivity index (χ2n) is 13.4. The van der Waals surface area contributed by atoms with Gasteiger partial charge in [-0.2, -0.15) is 0 Å². The van der Waals surface area contributed by atoms with Crippen LogP contribution in [0.1, 0.15) is 71.3 Å². The van der Waals surface area contributed by atoms with E-state index in [1.165, 1.54) is 41.7 Å². The first-order chi connectivity index (χ1) is 24.3. The van der Waals surface area contributed by atoms with E-state index < -0.39 is 84.3 Å². The van der Waals surface area contributed by atoms with Crippen molar-refractivity contribution in [2.75, 3.05) is 26.7 Å². The fourth-order valence-electron chi connectivity index (χ4n) is 6.56. The summed E-state index contributed by atoms with van der Waals surface area (Å²) < 4.78 is 6.43. The molecule has 3 aliphatic heterocycles. The van der Waals surface area contributed by atoms with Crippen molar-refractivity contribution in [2.24, 2.45) is 0 Å². The van der Waals surface area contributed by atoms with E-state index in [2.05, 4.69) is 31.9 Å². The molecule has 1 aromatic rings. The summed E-state index contributed by atoms with van der Waals surface area (Å²) in [7, 11) is 1.46. The summed E-state index contributed by atoms with van der Waals surface area (Å²) in [5.74, 6) is -4.09. The van der Waals surface area contributed by atoms with E-state index in [4.69, 9.17) is 4.74 Å². The first kappa shape index (κ1) is 39.5. The number of unbranched alkanes of at least 4 members (excludes halogenated alkanes) is 2. The average molecular weight is 774 g/mol. The Morgan fingerprint density at radius 3 is 2.39 bits per heavy atom. The number of carbonyl (C=O) groups excluding carboxylic acids is 7. The molecule has 0 spiro atoms. The molecular weight excluding hydrogens is 724 g/mol. The molecule has 0 saturated carbocycles. The number of fused-ring (bicyclic) bond motifs is 2. The number of esters is 1. The molecule has 3 fully saturated rings. The third-order valence-corrected chi connectivity index (χ3v) is 10.1. The van der Waals surface area contributed by atoms with Crippen LogP contribution in [-0.2, 0) is 44.7 Å². The fraction of sp³-hybridized carbons (Fsp3) is 0.583. The molecule has 51 heavy (non-hydrogen) atoms. The molecule has 15 heteroatoms. The SMILES string of the molecule is CCCC/C=C/C(=O)N[C@@H](Cc1cccc(Br)c1)C(=O)N[C@H]1COC(=O)[C@@H]2CCCN2C(=O)[C@H](C)NC(=O)[C@H](C)N(C)C(=O)[C@@H]2CCCN2C1=O. The van der Waals surface area contributed by atoms with Gasteiger partial charge in [0.2, 0.25) is 35.4 Å².